The summed E-state index contributed by atoms with van der Waals surface area (Å²) >= 11 is 0. The van der Waals surface area contributed by atoms with Crippen LogP contribution in [0, 0.1) is 12.7 Å². The largest absolute Gasteiger partial charge is 0.368 e. The van der Waals surface area contributed by atoms with Gasteiger partial charge in [-0.2, -0.15) is 15.0 Å². The maximum absolute atomic E-state index is 13.2. The van der Waals surface area contributed by atoms with Gasteiger partial charge in [0.25, 0.3) is 0 Å². The molecule has 0 fully saturated rings. The molecule has 1 aromatic heterocycles. The zero-order chi connectivity index (χ0) is 14.0. The van der Waals surface area contributed by atoms with Gasteiger partial charge in [-0.05, 0) is 30.7 Å². The van der Waals surface area contributed by atoms with Crippen LogP contribution in [0.25, 0.3) is 0 Å². The highest BCUT2D eigenvalue weighted by molar-refractivity contribution is 5.56. The predicted octanol–water partition coefficient (Wildman–Crippen LogP) is 1.71. The molecule has 2 rings (SSSR count). The Morgan fingerprint density at radius 1 is 1.21 bits per heavy atom. The molecule has 0 saturated heterocycles. The van der Waals surface area contributed by atoms with Gasteiger partial charge in [0, 0.05) is 19.8 Å². The Morgan fingerprint density at radius 2 is 1.95 bits per heavy atom. The van der Waals surface area contributed by atoms with E-state index in [0.717, 1.165) is 0 Å². The summed E-state index contributed by atoms with van der Waals surface area (Å²) in [6.45, 7) is 1.69. The van der Waals surface area contributed by atoms with E-state index in [-0.39, 0.29) is 11.8 Å². The summed E-state index contributed by atoms with van der Waals surface area (Å²) in [7, 11) is 3.61. The topological polar surface area (TPSA) is 80.0 Å². The highest BCUT2D eigenvalue weighted by Crippen LogP contribution is 2.18. The van der Waals surface area contributed by atoms with Crippen LogP contribution in [0.3, 0.4) is 0 Å². The highest BCUT2D eigenvalue weighted by Gasteiger charge is 2.07. The lowest BCUT2D eigenvalue weighted by Gasteiger charge is -2.12. The molecule has 100 valence electrons. The molecule has 0 saturated carbocycles. The van der Waals surface area contributed by atoms with Crippen molar-refractivity contribution in [1.29, 1.82) is 0 Å². The number of nitrogen functional groups attached to an aromatic ring is 1. The van der Waals surface area contributed by atoms with Crippen molar-refractivity contribution < 1.29 is 4.39 Å². The molecule has 2 aromatic rings. The molecule has 1 heterocycles. The van der Waals surface area contributed by atoms with Gasteiger partial charge in [0.15, 0.2) is 0 Å². The number of nitrogens with two attached hydrogens (primary N) is 1. The minimum atomic E-state index is -0.255. The predicted molar refractivity (Wildman–Crippen MR) is 73.0 cm³/mol. The van der Waals surface area contributed by atoms with Gasteiger partial charge in [0.2, 0.25) is 17.8 Å². The second kappa shape index (κ2) is 5.05. The van der Waals surface area contributed by atoms with Crippen molar-refractivity contribution in [2.45, 2.75) is 6.92 Å². The maximum atomic E-state index is 13.2. The summed E-state index contributed by atoms with van der Waals surface area (Å²) in [4.78, 5) is 13.9. The van der Waals surface area contributed by atoms with E-state index < -0.39 is 0 Å². The maximum Gasteiger partial charge on any atom is 0.233 e. The Bertz CT molecular complexity index is 599. The molecule has 0 radical (unpaired) electrons. The summed E-state index contributed by atoms with van der Waals surface area (Å²) < 4.78 is 13.2. The summed E-state index contributed by atoms with van der Waals surface area (Å²) in [5.41, 5.74) is 6.85. The molecule has 0 bridgehead atoms. The van der Waals surface area contributed by atoms with E-state index in [1.54, 1.807) is 38.1 Å². The third-order valence-corrected chi connectivity index (χ3v) is 2.45. The van der Waals surface area contributed by atoms with Gasteiger partial charge in [0.05, 0.1) is 0 Å². The zero-order valence-electron chi connectivity index (χ0n) is 11.0. The Hall–Kier alpha value is -2.44. The van der Waals surface area contributed by atoms with E-state index in [1.165, 1.54) is 6.07 Å². The quantitative estimate of drug-likeness (QED) is 0.876. The molecule has 0 spiro atoms. The van der Waals surface area contributed by atoms with Gasteiger partial charge in [0.1, 0.15) is 5.82 Å². The number of aromatic nitrogens is 3. The van der Waals surface area contributed by atoms with Crippen LogP contribution in [0.15, 0.2) is 18.2 Å². The number of hydrogen-bond acceptors (Lipinski definition) is 6. The van der Waals surface area contributed by atoms with Crippen molar-refractivity contribution in [3.8, 4) is 0 Å². The molecule has 0 amide bonds. The fourth-order valence-electron chi connectivity index (χ4n) is 1.49. The molecule has 6 nitrogen and oxygen atoms in total. The standard InChI is InChI=1S/C12H15FN6/c1-7-6-8(4-5-9(7)13)15-11-16-10(14)17-12(18-11)19(2)3/h4-6H,1-3H3,(H3,14,15,16,17,18). The molecule has 1 aromatic carbocycles. The third kappa shape index (κ3) is 3.06. The normalized spacial score (nSPS) is 10.3. The fraction of sp³-hybridized carbons (Fsp3) is 0.250. The summed E-state index contributed by atoms with van der Waals surface area (Å²) in [5, 5.41) is 2.97. The van der Waals surface area contributed by atoms with Crippen LogP contribution in [0.2, 0.25) is 0 Å². The molecule has 0 atom stereocenters. The number of anilines is 4. The van der Waals surface area contributed by atoms with Gasteiger partial charge < -0.3 is 16.0 Å². The molecule has 0 unspecified atom stereocenters. The van der Waals surface area contributed by atoms with Crippen molar-refractivity contribution in [3.63, 3.8) is 0 Å². The van der Waals surface area contributed by atoms with E-state index >= 15 is 0 Å². The second-order valence-electron chi connectivity index (χ2n) is 4.30. The minimum Gasteiger partial charge on any atom is -0.368 e. The lowest BCUT2D eigenvalue weighted by Crippen LogP contribution is -2.15. The van der Waals surface area contributed by atoms with Crippen molar-refractivity contribution in [3.05, 3.63) is 29.6 Å². The Morgan fingerprint density at radius 3 is 2.58 bits per heavy atom. The Labute approximate surface area is 110 Å². The van der Waals surface area contributed by atoms with Gasteiger partial charge in [-0.3, -0.25) is 0 Å². The van der Waals surface area contributed by atoms with E-state index in [0.29, 0.717) is 23.1 Å². The number of hydrogen-bond donors (Lipinski definition) is 2. The molecule has 19 heavy (non-hydrogen) atoms. The number of nitrogens with zero attached hydrogens (tertiary/aromatic N) is 4. The fourth-order valence-corrected chi connectivity index (χ4v) is 1.49. The number of halogens is 1. The van der Waals surface area contributed by atoms with Crippen LogP contribution in [0.5, 0.6) is 0 Å². The first-order chi connectivity index (χ1) is 8.95. The van der Waals surface area contributed by atoms with Crippen LogP contribution in [0.4, 0.5) is 27.9 Å². The van der Waals surface area contributed by atoms with Crippen LogP contribution < -0.4 is 16.0 Å². The van der Waals surface area contributed by atoms with Crippen molar-refractivity contribution in [2.24, 2.45) is 0 Å². The molecule has 0 aliphatic carbocycles. The highest BCUT2D eigenvalue weighted by atomic mass is 19.1. The first kappa shape index (κ1) is 13.0. The first-order valence-corrected chi connectivity index (χ1v) is 5.68. The van der Waals surface area contributed by atoms with Crippen molar-refractivity contribution >= 4 is 23.5 Å². The average molecular weight is 262 g/mol. The molecule has 0 aliphatic rings. The zero-order valence-corrected chi connectivity index (χ0v) is 11.0. The first-order valence-electron chi connectivity index (χ1n) is 5.68. The van der Waals surface area contributed by atoms with Crippen molar-refractivity contribution in [1.82, 2.24) is 15.0 Å². The summed E-state index contributed by atoms with van der Waals surface area (Å²) in [6.07, 6.45) is 0. The van der Waals surface area contributed by atoms with Crippen LogP contribution in [-0.2, 0) is 0 Å². The van der Waals surface area contributed by atoms with Gasteiger partial charge in [-0.1, -0.05) is 0 Å². The molecule has 7 heteroatoms. The van der Waals surface area contributed by atoms with Gasteiger partial charge >= 0.3 is 0 Å². The number of aryl methyl sites for hydroxylation is 1. The smallest absolute Gasteiger partial charge is 0.233 e. The molecule has 0 aliphatic heterocycles. The third-order valence-electron chi connectivity index (χ3n) is 2.45. The van der Waals surface area contributed by atoms with Crippen molar-refractivity contribution in [2.75, 3.05) is 30.0 Å². The molecule has 3 N–H and O–H groups in total. The van der Waals surface area contributed by atoms with E-state index in [9.17, 15) is 4.39 Å². The Balaban J connectivity index is 2.29. The van der Waals surface area contributed by atoms with Crippen LogP contribution in [0.1, 0.15) is 5.56 Å². The SMILES string of the molecule is Cc1cc(Nc2nc(N)nc(N(C)C)n2)ccc1F. The Kier molecular flexibility index (Phi) is 3.46. The summed E-state index contributed by atoms with van der Waals surface area (Å²) in [6, 6.07) is 4.66. The molecular formula is C12H15FN6. The number of benzene rings is 1. The monoisotopic (exact) mass is 262 g/mol. The summed E-state index contributed by atoms with van der Waals surface area (Å²) in [5.74, 6) is 0.644. The van der Waals surface area contributed by atoms with E-state index in [4.69, 9.17) is 5.73 Å². The van der Waals surface area contributed by atoms with Gasteiger partial charge in [-0.25, -0.2) is 4.39 Å². The minimum absolute atomic E-state index is 0.125. The second-order valence-corrected chi connectivity index (χ2v) is 4.30. The van der Waals surface area contributed by atoms with Crippen LogP contribution in [-0.4, -0.2) is 29.0 Å². The van der Waals surface area contributed by atoms with Crippen LogP contribution >= 0.6 is 0 Å². The van der Waals surface area contributed by atoms with E-state index in [2.05, 4.69) is 20.3 Å². The van der Waals surface area contributed by atoms with E-state index in [1.807, 2.05) is 0 Å². The number of rotatable bonds is 3. The average Bonchev–Trinajstić information content (AvgIpc) is 2.33. The van der Waals surface area contributed by atoms with Gasteiger partial charge in [-0.15, -0.1) is 0 Å². The molecular weight excluding hydrogens is 247 g/mol. The number of nitrogens with one attached hydrogen (secondary N) is 1. The lowest BCUT2D eigenvalue weighted by molar-refractivity contribution is 0.619. The lowest BCUT2D eigenvalue weighted by atomic mass is 10.2.